The Labute approximate surface area is 129 Å². The Morgan fingerprint density at radius 2 is 1.90 bits per heavy atom. The van der Waals surface area contributed by atoms with Crippen LogP contribution in [0.2, 0.25) is 10.0 Å². The fourth-order valence-electron chi connectivity index (χ4n) is 3.59. The lowest BCUT2D eigenvalue weighted by Crippen LogP contribution is -2.40. The molecule has 110 valence electrons. The van der Waals surface area contributed by atoms with E-state index in [1.54, 1.807) is 0 Å². The highest BCUT2D eigenvalue weighted by atomic mass is 35.5. The first-order chi connectivity index (χ1) is 9.61. The average molecular weight is 315 g/mol. The van der Waals surface area contributed by atoms with Crippen molar-refractivity contribution < 1.29 is 5.11 Å². The summed E-state index contributed by atoms with van der Waals surface area (Å²) in [6.07, 6.45) is 3.67. The van der Waals surface area contributed by atoms with Crippen molar-refractivity contribution in [3.05, 3.63) is 33.3 Å². The van der Waals surface area contributed by atoms with E-state index in [9.17, 15) is 5.11 Å². The zero-order valence-electron chi connectivity index (χ0n) is 11.4. The van der Waals surface area contributed by atoms with Crippen molar-refractivity contribution in [2.75, 3.05) is 6.54 Å². The summed E-state index contributed by atoms with van der Waals surface area (Å²) in [5, 5.41) is 10.9. The molecule has 0 aromatic heterocycles. The minimum Gasteiger partial charge on any atom is -0.393 e. The monoisotopic (exact) mass is 314 g/mol. The Kier molecular flexibility index (Phi) is 4.25. The van der Waals surface area contributed by atoms with Crippen molar-refractivity contribution in [2.24, 2.45) is 5.73 Å². The van der Waals surface area contributed by atoms with Gasteiger partial charge in [0.15, 0.2) is 0 Å². The fourth-order valence-corrected chi connectivity index (χ4v) is 4.00. The van der Waals surface area contributed by atoms with E-state index in [4.69, 9.17) is 28.9 Å². The van der Waals surface area contributed by atoms with Gasteiger partial charge < -0.3 is 10.8 Å². The molecule has 1 heterocycles. The highest BCUT2D eigenvalue weighted by molar-refractivity contribution is 6.42. The predicted octanol–water partition coefficient (Wildman–Crippen LogP) is 3.11. The maximum Gasteiger partial charge on any atom is 0.0640 e. The van der Waals surface area contributed by atoms with E-state index < -0.39 is 0 Å². The van der Waals surface area contributed by atoms with Crippen LogP contribution in [0.4, 0.5) is 0 Å². The minimum atomic E-state index is -0.134. The molecule has 0 radical (unpaired) electrons. The van der Waals surface area contributed by atoms with Gasteiger partial charge >= 0.3 is 0 Å². The van der Waals surface area contributed by atoms with E-state index in [1.807, 2.05) is 6.07 Å². The second kappa shape index (κ2) is 5.82. The van der Waals surface area contributed by atoms with Crippen molar-refractivity contribution in [2.45, 2.75) is 50.4 Å². The van der Waals surface area contributed by atoms with Gasteiger partial charge in [-0.25, -0.2) is 0 Å². The molecule has 1 atom stereocenters. The van der Waals surface area contributed by atoms with Crippen molar-refractivity contribution in [1.82, 2.24) is 4.90 Å². The van der Waals surface area contributed by atoms with Gasteiger partial charge in [-0.3, -0.25) is 4.90 Å². The van der Waals surface area contributed by atoms with Crippen LogP contribution >= 0.6 is 23.2 Å². The molecule has 1 aliphatic heterocycles. The molecular formula is C15H20Cl2N2O. The number of fused-ring (bicyclic) bond motifs is 1. The molecule has 3 rings (SSSR count). The van der Waals surface area contributed by atoms with Crippen LogP contribution in [0, 0.1) is 0 Å². The summed E-state index contributed by atoms with van der Waals surface area (Å²) in [6, 6.07) is 4.62. The van der Waals surface area contributed by atoms with E-state index in [2.05, 4.69) is 11.0 Å². The lowest BCUT2D eigenvalue weighted by molar-refractivity contribution is 0.0571. The number of rotatable bonds is 2. The number of benzene rings is 1. The summed E-state index contributed by atoms with van der Waals surface area (Å²) in [4.78, 5) is 2.44. The fraction of sp³-hybridized carbons (Fsp3) is 0.600. The molecule has 1 saturated carbocycles. The lowest BCUT2D eigenvalue weighted by atomic mass is 9.91. The van der Waals surface area contributed by atoms with E-state index >= 15 is 0 Å². The molecule has 0 bridgehead atoms. The molecule has 0 amide bonds. The summed E-state index contributed by atoms with van der Waals surface area (Å²) in [5.41, 5.74) is 8.34. The van der Waals surface area contributed by atoms with Crippen LogP contribution in [0.5, 0.6) is 0 Å². The molecule has 3 nitrogen and oxygen atoms in total. The second-order valence-electron chi connectivity index (χ2n) is 5.82. The number of hydrogen-bond acceptors (Lipinski definition) is 3. The third kappa shape index (κ3) is 2.46. The lowest BCUT2D eigenvalue weighted by Gasteiger charge is -2.36. The SMILES string of the molecule is NCC1c2ccc(Cl)c(Cl)c2CN1C1CCC(O)CC1. The Morgan fingerprint density at radius 3 is 2.55 bits per heavy atom. The number of nitrogens with zero attached hydrogens (tertiary/aromatic N) is 1. The molecule has 1 aromatic carbocycles. The van der Waals surface area contributed by atoms with Gasteiger partial charge in [0, 0.05) is 25.2 Å². The Bertz CT molecular complexity index is 501. The van der Waals surface area contributed by atoms with Crippen molar-refractivity contribution in [3.8, 4) is 0 Å². The number of nitrogens with two attached hydrogens (primary N) is 1. The van der Waals surface area contributed by atoms with E-state index in [0.29, 0.717) is 22.6 Å². The summed E-state index contributed by atoms with van der Waals surface area (Å²) in [5.74, 6) is 0. The highest BCUT2D eigenvalue weighted by Gasteiger charge is 2.36. The van der Waals surface area contributed by atoms with Crippen molar-refractivity contribution in [1.29, 1.82) is 0 Å². The van der Waals surface area contributed by atoms with Gasteiger partial charge in [0.25, 0.3) is 0 Å². The van der Waals surface area contributed by atoms with Crippen molar-refractivity contribution >= 4 is 23.2 Å². The normalized spacial score (nSPS) is 30.5. The zero-order chi connectivity index (χ0) is 14.3. The number of aliphatic hydroxyl groups excluding tert-OH is 1. The summed E-state index contributed by atoms with van der Waals surface area (Å²) >= 11 is 12.5. The quantitative estimate of drug-likeness (QED) is 0.881. The summed E-state index contributed by atoms with van der Waals surface area (Å²) in [7, 11) is 0. The molecule has 5 heteroatoms. The van der Waals surface area contributed by atoms with Crippen molar-refractivity contribution in [3.63, 3.8) is 0 Å². The van der Waals surface area contributed by atoms with Gasteiger partial charge in [-0.05, 0) is 42.9 Å². The Morgan fingerprint density at radius 1 is 1.20 bits per heavy atom. The first-order valence-electron chi connectivity index (χ1n) is 7.22. The van der Waals surface area contributed by atoms with E-state index in [-0.39, 0.29) is 12.1 Å². The molecule has 0 spiro atoms. The van der Waals surface area contributed by atoms with Crippen LogP contribution in [0.15, 0.2) is 12.1 Å². The molecule has 1 fully saturated rings. The summed E-state index contributed by atoms with van der Waals surface area (Å²) in [6.45, 7) is 1.40. The van der Waals surface area contributed by atoms with Gasteiger partial charge in [0.2, 0.25) is 0 Å². The molecule has 1 unspecified atom stereocenters. The van der Waals surface area contributed by atoms with Gasteiger partial charge in [0.05, 0.1) is 16.1 Å². The zero-order valence-corrected chi connectivity index (χ0v) is 12.9. The topological polar surface area (TPSA) is 49.5 Å². The van der Waals surface area contributed by atoms with Crippen LogP contribution in [0.25, 0.3) is 0 Å². The van der Waals surface area contributed by atoms with Crippen LogP contribution < -0.4 is 5.73 Å². The summed E-state index contributed by atoms with van der Waals surface area (Å²) < 4.78 is 0. The van der Waals surface area contributed by atoms with Crippen LogP contribution in [0.3, 0.4) is 0 Å². The standard InChI is InChI=1S/C15H20Cl2N2O/c16-13-6-5-11-12(15(13)17)8-19(14(11)7-18)9-1-3-10(20)4-2-9/h5-6,9-10,14,20H,1-4,7-8,18H2. The van der Waals surface area contributed by atoms with Crippen LogP contribution in [0.1, 0.15) is 42.9 Å². The smallest absolute Gasteiger partial charge is 0.0640 e. The highest BCUT2D eigenvalue weighted by Crippen LogP contribution is 2.43. The molecule has 0 saturated heterocycles. The molecular weight excluding hydrogens is 295 g/mol. The Hall–Kier alpha value is -0.320. The van der Waals surface area contributed by atoms with E-state index in [1.165, 1.54) is 5.56 Å². The van der Waals surface area contributed by atoms with Gasteiger partial charge in [-0.15, -0.1) is 0 Å². The second-order valence-corrected chi connectivity index (χ2v) is 6.60. The minimum absolute atomic E-state index is 0.134. The third-order valence-electron chi connectivity index (χ3n) is 4.69. The van der Waals surface area contributed by atoms with Gasteiger partial charge in [-0.1, -0.05) is 29.3 Å². The maximum absolute atomic E-state index is 9.67. The van der Waals surface area contributed by atoms with Gasteiger partial charge in [0.1, 0.15) is 0 Å². The largest absolute Gasteiger partial charge is 0.393 e. The van der Waals surface area contributed by atoms with Gasteiger partial charge in [-0.2, -0.15) is 0 Å². The first kappa shape index (κ1) is 14.6. The molecule has 20 heavy (non-hydrogen) atoms. The molecule has 1 aliphatic carbocycles. The first-order valence-corrected chi connectivity index (χ1v) is 7.98. The molecule has 2 aliphatic rings. The molecule has 1 aromatic rings. The van der Waals surface area contributed by atoms with Crippen LogP contribution in [-0.2, 0) is 6.54 Å². The predicted molar refractivity (Wildman–Crippen MR) is 82.1 cm³/mol. The average Bonchev–Trinajstić information content (AvgIpc) is 2.83. The number of halogens is 2. The molecule has 3 N–H and O–H groups in total. The number of aliphatic hydroxyl groups is 1. The maximum atomic E-state index is 9.67. The number of hydrogen-bond donors (Lipinski definition) is 2. The van der Waals surface area contributed by atoms with Crippen LogP contribution in [-0.4, -0.2) is 28.7 Å². The Balaban J connectivity index is 1.86. The van der Waals surface area contributed by atoms with E-state index in [0.717, 1.165) is 37.8 Å². The third-order valence-corrected chi connectivity index (χ3v) is 5.53.